The highest BCUT2D eigenvalue weighted by Crippen LogP contribution is 2.27. The van der Waals surface area contributed by atoms with Gasteiger partial charge in [-0.3, -0.25) is 9.48 Å². The second kappa shape index (κ2) is 7.62. The normalized spacial score (nSPS) is 15.1. The molecule has 2 unspecified atom stereocenters. The van der Waals surface area contributed by atoms with Crippen molar-refractivity contribution in [1.82, 2.24) is 15.1 Å². The van der Waals surface area contributed by atoms with Crippen LogP contribution in [0.4, 0.5) is 0 Å². The molecule has 1 heterocycles. The van der Waals surface area contributed by atoms with Crippen molar-refractivity contribution < 1.29 is 9.90 Å². The first-order valence-electron chi connectivity index (χ1n) is 8.32. The fourth-order valence-electron chi connectivity index (χ4n) is 2.78. The fraction of sp³-hybridized carbons (Fsp3) is 0.474. The number of carbonyl (C=O) groups is 1. The van der Waals surface area contributed by atoms with Crippen LogP contribution in [-0.4, -0.2) is 27.3 Å². The molecule has 0 fully saturated rings. The Balaban J connectivity index is 1.96. The zero-order chi connectivity index (χ0) is 17.7. The van der Waals surface area contributed by atoms with Crippen molar-refractivity contribution in [2.45, 2.75) is 38.7 Å². The van der Waals surface area contributed by atoms with Gasteiger partial charge in [0.15, 0.2) is 0 Å². The monoisotopic (exact) mass is 329 g/mol. The maximum atomic E-state index is 12.4. The second-order valence-corrected chi connectivity index (χ2v) is 6.92. The van der Waals surface area contributed by atoms with Gasteiger partial charge in [0.2, 0.25) is 5.91 Å². The summed E-state index contributed by atoms with van der Waals surface area (Å²) < 4.78 is 1.63. The van der Waals surface area contributed by atoms with Crippen LogP contribution in [0.3, 0.4) is 0 Å². The van der Waals surface area contributed by atoms with E-state index >= 15 is 0 Å². The van der Waals surface area contributed by atoms with Gasteiger partial charge in [-0.1, -0.05) is 44.2 Å². The molecule has 24 heavy (non-hydrogen) atoms. The number of nitrogens with one attached hydrogen (secondary N) is 1. The van der Waals surface area contributed by atoms with Crippen molar-refractivity contribution in [3.8, 4) is 0 Å². The molecule has 0 bridgehead atoms. The molecule has 0 aliphatic rings. The molecular formula is C19H27N3O2. The van der Waals surface area contributed by atoms with E-state index in [1.54, 1.807) is 31.0 Å². The topological polar surface area (TPSA) is 67.2 Å². The molecule has 5 heteroatoms. The third kappa shape index (κ3) is 4.68. The quantitative estimate of drug-likeness (QED) is 0.820. The Morgan fingerprint density at radius 1 is 1.33 bits per heavy atom. The highest BCUT2D eigenvalue weighted by Gasteiger charge is 2.26. The summed E-state index contributed by atoms with van der Waals surface area (Å²) in [5.41, 5.74) is 0.722. The minimum Gasteiger partial charge on any atom is -0.383 e. The molecular weight excluding hydrogens is 302 g/mol. The van der Waals surface area contributed by atoms with Crippen LogP contribution in [0, 0.1) is 5.92 Å². The molecule has 0 saturated heterocycles. The molecule has 0 radical (unpaired) electrons. The second-order valence-electron chi connectivity index (χ2n) is 6.92. The van der Waals surface area contributed by atoms with Crippen LogP contribution in [-0.2, 0) is 17.4 Å². The summed E-state index contributed by atoms with van der Waals surface area (Å²) in [6.07, 6.45) is 3.78. The van der Waals surface area contributed by atoms with E-state index in [9.17, 15) is 9.90 Å². The molecule has 1 amide bonds. The maximum absolute atomic E-state index is 12.4. The Bertz CT molecular complexity index is 662. The van der Waals surface area contributed by atoms with Crippen molar-refractivity contribution in [2.24, 2.45) is 13.0 Å². The van der Waals surface area contributed by atoms with E-state index in [1.165, 1.54) is 5.56 Å². The lowest BCUT2D eigenvalue weighted by Gasteiger charge is -2.24. The van der Waals surface area contributed by atoms with Gasteiger partial charge < -0.3 is 10.4 Å². The molecule has 1 aromatic heterocycles. The number of carbonyl (C=O) groups excluding carboxylic acids is 1. The summed E-state index contributed by atoms with van der Waals surface area (Å²) in [7, 11) is 1.80. The summed E-state index contributed by atoms with van der Waals surface area (Å²) >= 11 is 0. The van der Waals surface area contributed by atoms with Crippen LogP contribution >= 0.6 is 0 Å². The van der Waals surface area contributed by atoms with Gasteiger partial charge in [-0.15, -0.1) is 0 Å². The Hall–Kier alpha value is -2.14. The highest BCUT2D eigenvalue weighted by atomic mass is 16.3. The molecule has 0 aliphatic heterocycles. The van der Waals surface area contributed by atoms with Crippen molar-refractivity contribution in [2.75, 3.05) is 6.54 Å². The first-order chi connectivity index (χ1) is 11.3. The molecule has 2 atom stereocenters. The fourth-order valence-corrected chi connectivity index (χ4v) is 2.78. The molecule has 2 N–H and O–H groups in total. The summed E-state index contributed by atoms with van der Waals surface area (Å²) in [6, 6.07) is 10.1. The number of hydrogen-bond donors (Lipinski definition) is 2. The van der Waals surface area contributed by atoms with Crippen LogP contribution in [0.1, 0.15) is 44.2 Å². The van der Waals surface area contributed by atoms with Gasteiger partial charge >= 0.3 is 0 Å². The van der Waals surface area contributed by atoms with E-state index < -0.39 is 5.60 Å². The number of rotatable bonds is 7. The largest absolute Gasteiger partial charge is 0.383 e. The summed E-state index contributed by atoms with van der Waals surface area (Å²) in [4.78, 5) is 12.4. The van der Waals surface area contributed by atoms with E-state index in [0.717, 1.165) is 0 Å². The smallest absolute Gasteiger partial charge is 0.220 e. The molecule has 0 saturated carbocycles. The van der Waals surface area contributed by atoms with Crippen LogP contribution in [0.2, 0.25) is 0 Å². The number of aryl methyl sites for hydroxylation is 1. The SMILES string of the molecule is CC(C)C(CC(=O)NCC(C)(O)c1cnn(C)c1)c1ccccc1. The number of aliphatic hydroxyl groups is 1. The van der Waals surface area contributed by atoms with E-state index in [-0.39, 0.29) is 18.4 Å². The predicted octanol–water partition coefficient (Wildman–Crippen LogP) is 2.57. The van der Waals surface area contributed by atoms with Crippen LogP contribution < -0.4 is 5.32 Å². The third-order valence-electron chi connectivity index (χ3n) is 4.39. The Labute approximate surface area is 143 Å². The number of hydrogen-bond acceptors (Lipinski definition) is 3. The Kier molecular flexibility index (Phi) is 5.78. The first kappa shape index (κ1) is 18.2. The maximum Gasteiger partial charge on any atom is 0.220 e. The van der Waals surface area contributed by atoms with Crippen LogP contribution in [0.25, 0.3) is 0 Å². The van der Waals surface area contributed by atoms with E-state index in [0.29, 0.717) is 17.9 Å². The minimum atomic E-state index is -1.13. The van der Waals surface area contributed by atoms with Crippen LogP contribution in [0.15, 0.2) is 42.7 Å². The van der Waals surface area contributed by atoms with Crippen molar-refractivity contribution in [3.63, 3.8) is 0 Å². The summed E-state index contributed by atoms with van der Waals surface area (Å²) in [6.45, 7) is 6.09. The predicted molar refractivity (Wildman–Crippen MR) is 94.4 cm³/mol. The number of benzene rings is 1. The van der Waals surface area contributed by atoms with Crippen molar-refractivity contribution in [1.29, 1.82) is 0 Å². The standard InChI is InChI=1S/C19H27N3O2/c1-14(2)17(15-8-6-5-7-9-15)10-18(23)20-13-19(3,24)16-11-21-22(4)12-16/h5-9,11-12,14,17,24H,10,13H2,1-4H3,(H,20,23). The summed E-state index contributed by atoms with van der Waals surface area (Å²) in [5, 5.41) is 17.5. The lowest BCUT2D eigenvalue weighted by molar-refractivity contribution is -0.122. The average molecular weight is 329 g/mol. The molecule has 0 spiro atoms. The minimum absolute atomic E-state index is 0.0540. The van der Waals surface area contributed by atoms with Gasteiger partial charge in [0.1, 0.15) is 5.60 Å². The average Bonchev–Trinajstić information content (AvgIpc) is 2.99. The Morgan fingerprint density at radius 3 is 2.54 bits per heavy atom. The van der Waals surface area contributed by atoms with Gasteiger partial charge in [0, 0.05) is 25.2 Å². The number of amides is 1. The number of aromatic nitrogens is 2. The van der Waals surface area contributed by atoms with Crippen LogP contribution in [0.5, 0.6) is 0 Å². The lowest BCUT2D eigenvalue weighted by Crippen LogP contribution is -2.39. The van der Waals surface area contributed by atoms with Gasteiger partial charge in [-0.25, -0.2) is 0 Å². The van der Waals surface area contributed by atoms with Gasteiger partial charge in [-0.05, 0) is 24.3 Å². The zero-order valence-electron chi connectivity index (χ0n) is 14.9. The molecule has 2 rings (SSSR count). The summed E-state index contributed by atoms with van der Waals surface area (Å²) in [5.74, 6) is 0.466. The zero-order valence-corrected chi connectivity index (χ0v) is 14.9. The molecule has 0 aliphatic carbocycles. The number of nitrogens with zero attached hydrogens (tertiary/aromatic N) is 2. The van der Waals surface area contributed by atoms with Gasteiger partial charge in [0.05, 0.1) is 12.7 Å². The van der Waals surface area contributed by atoms with E-state index in [1.807, 2.05) is 18.2 Å². The van der Waals surface area contributed by atoms with Gasteiger partial charge in [-0.2, -0.15) is 5.10 Å². The van der Waals surface area contributed by atoms with Gasteiger partial charge in [0.25, 0.3) is 0 Å². The molecule has 130 valence electrons. The lowest BCUT2D eigenvalue weighted by atomic mass is 9.85. The highest BCUT2D eigenvalue weighted by molar-refractivity contribution is 5.77. The molecule has 1 aromatic carbocycles. The first-order valence-corrected chi connectivity index (χ1v) is 8.32. The van der Waals surface area contributed by atoms with Crippen molar-refractivity contribution >= 4 is 5.91 Å². The third-order valence-corrected chi connectivity index (χ3v) is 4.39. The van der Waals surface area contributed by atoms with Crippen molar-refractivity contribution in [3.05, 3.63) is 53.9 Å². The molecule has 2 aromatic rings. The van der Waals surface area contributed by atoms with E-state index in [4.69, 9.17) is 0 Å². The van der Waals surface area contributed by atoms with E-state index in [2.05, 4.69) is 36.4 Å². The molecule has 5 nitrogen and oxygen atoms in total. The Morgan fingerprint density at radius 2 is 2.00 bits per heavy atom.